The molecule has 1 saturated carbocycles. The highest BCUT2D eigenvalue weighted by Gasteiger charge is 2.40. The molecule has 0 spiro atoms. The summed E-state index contributed by atoms with van der Waals surface area (Å²) in [7, 11) is 1.99. The summed E-state index contributed by atoms with van der Waals surface area (Å²) >= 11 is 3.90. The molecule has 1 aliphatic carbocycles. The van der Waals surface area contributed by atoms with Crippen LogP contribution in [-0.2, 0) is 12.5 Å². The average molecular weight is 299 g/mol. The first-order valence-corrected chi connectivity index (χ1v) is 7.47. The maximum Gasteiger partial charge on any atom is 0.0683 e. The Morgan fingerprint density at radius 3 is 2.65 bits per heavy atom. The van der Waals surface area contributed by atoms with Gasteiger partial charge >= 0.3 is 0 Å². The molecule has 0 saturated heterocycles. The fourth-order valence-electron chi connectivity index (χ4n) is 3.07. The maximum atomic E-state index is 4.61. The van der Waals surface area contributed by atoms with Gasteiger partial charge < -0.3 is 0 Å². The summed E-state index contributed by atoms with van der Waals surface area (Å²) < 4.78 is 1.91. The molecular formula is C14H23BrN2. The number of hydrogen-bond acceptors (Lipinski definition) is 1. The monoisotopic (exact) mass is 298 g/mol. The van der Waals surface area contributed by atoms with E-state index in [0.29, 0.717) is 10.7 Å². The van der Waals surface area contributed by atoms with Gasteiger partial charge in [-0.1, -0.05) is 43.1 Å². The van der Waals surface area contributed by atoms with Gasteiger partial charge in [0.2, 0.25) is 0 Å². The number of halogens is 1. The van der Waals surface area contributed by atoms with E-state index in [2.05, 4.69) is 47.9 Å². The van der Waals surface area contributed by atoms with E-state index in [1.807, 2.05) is 17.9 Å². The van der Waals surface area contributed by atoms with Crippen LogP contribution in [0.5, 0.6) is 0 Å². The summed E-state index contributed by atoms with van der Waals surface area (Å²) in [6.45, 7) is 7.03. The van der Waals surface area contributed by atoms with Gasteiger partial charge in [-0.05, 0) is 30.7 Å². The van der Waals surface area contributed by atoms with Gasteiger partial charge in [-0.3, -0.25) is 4.68 Å². The van der Waals surface area contributed by atoms with Crippen LogP contribution < -0.4 is 0 Å². The van der Waals surface area contributed by atoms with Gasteiger partial charge in [0.05, 0.1) is 5.69 Å². The molecule has 2 rings (SSSR count). The van der Waals surface area contributed by atoms with Crippen LogP contribution in [0.25, 0.3) is 0 Å². The van der Waals surface area contributed by atoms with E-state index in [9.17, 15) is 0 Å². The van der Waals surface area contributed by atoms with Crippen LogP contribution in [0.2, 0.25) is 0 Å². The van der Waals surface area contributed by atoms with Crippen LogP contribution in [0, 0.1) is 11.8 Å². The van der Waals surface area contributed by atoms with E-state index in [-0.39, 0.29) is 5.41 Å². The number of hydrogen-bond donors (Lipinski definition) is 0. The predicted octanol–water partition coefficient (Wildman–Crippen LogP) is 3.90. The SMILES string of the molecule is CC1CCC(C(C)(C)c2ccn(C)n2)C(Br)C1. The van der Waals surface area contributed by atoms with Crippen molar-refractivity contribution in [2.45, 2.75) is 50.3 Å². The van der Waals surface area contributed by atoms with Crippen molar-refractivity contribution in [3.63, 3.8) is 0 Å². The van der Waals surface area contributed by atoms with Crippen molar-refractivity contribution < 1.29 is 0 Å². The van der Waals surface area contributed by atoms with Gasteiger partial charge in [-0.2, -0.15) is 5.10 Å². The molecule has 0 aromatic carbocycles. The zero-order valence-electron chi connectivity index (χ0n) is 11.3. The lowest BCUT2D eigenvalue weighted by molar-refractivity contribution is 0.209. The number of aromatic nitrogens is 2. The third-order valence-electron chi connectivity index (χ3n) is 4.34. The van der Waals surface area contributed by atoms with Gasteiger partial charge in [0.25, 0.3) is 0 Å². The first-order valence-electron chi connectivity index (χ1n) is 6.55. The highest BCUT2D eigenvalue weighted by atomic mass is 79.9. The lowest BCUT2D eigenvalue weighted by Crippen LogP contribution is -2.39. The Labute approximate surface area is 113 Å². The van der Waals surface area contributed by atoms with Crippen molar-refractivity contribution in [3.8, 4) is 0 Å². The van der Waals surface area contributed by atoms with E-state index < -0.39 is 0 Å². The molecule has 3 unspecified atom stereocenters. The second kappa shape index (κ2) is 4.75. The second-order valence-electron chi connectivity index (χ2n) is 6.14. The van der Waals surface area contributed by atoms with Crippen molar-refractivity contribution in [3.05, 3.63) is 18.0 Å². The maximum absolute atomic E-state index is 4.61. The third kappa shape index (κ3) is 2.59. The largest absolute Gasteiger partial charge is 0.276 e. The fraction of sp³-hybridized carbons (Fsp3) is 0.786. The Balaban J connectivity index is 2.20. The summed E-state index contributed by atoms with van der Waals surface area (Å²) in [5, 5.41) is 4.61. The zero-order chi connectivity index (χ0) is 12.6. The molecule has 1 fully saturated rings. The van der Waals surface area contributed by atoms with E-state index in [1.54, 1.807) is 0 Å². The molecule has 0 bridgehead atoms. The summed E-state index contributed by atoms with van der Waals surface area (Å²) in [6, 6.07) is 2.16. The quantitative estimate of drug-likeness (QED) is 0.757. The third-order valence-corrected chi connectivity index (χ3v) is 5.35. The Morgan fingerprint density at radius 1 is 1.41 bits per heavy atom. The highest BCUT2D eigenvalue weighted by Crippen LogP contribution is 2.44. The molecule has 0 radical (unpaired) electrons. The van der Waals surface area contributed by atoms with E-state index in [4.69, 9.17) is 0 Å². The van der Waals surface area contributed by atoms with Gasteiger partial charge in [-0.15, -0.1) is 0 Å². The number of nitrogens with zero attached hydrogens (tertiary/aromatic N) is 2. The summed E-state index contributed by atoms with van der Waals surface area (Å²) in [4.78, 5) is 0.628. The molecule has 1 aromatic heterocycles. The number of rotatable bonds is 2. The van der Waals surface area contributed by atoms with Crippen molar-refractivity contribution in [1.82, 2.24) is 9.78 Å². The van der Waals surface area contributed by atoms with E-state index in [1.165, 1.54) is 25.0 Å². The van der Waals surface area contributed by atoms with Crippen LogP contribution in [0.15, 0.2) is 12.3 Å². The van der Waals surface area contributed by atoms with E-state index >= 15 is 0 Å². The van der Waals surface area contributed by atoms with Gasteiger partial charge in [0, 0.05) is 23.5 Å². The number of alkyl halides is 1. The molecule has 2 nitrogen and oxygen atoms in total. The van der Waals surface area contributed by atoms with Crippen molar-refractivity contribution in [2.75, 3.05) is 0 Å². The van der Waals surface area contributed by atoms with Crippen LogP contribution in [0.4, 0.5) is 0 Å². The predicted molar refractivity (Wildman–Crippen MR) is 75.5 cm³/mol. The summed E-state index contributed by atoms with van der Waals surface area (Å²) in [5.41, 5.74) is 1.39. The van der Waals surface area contributed by atoms with Crippen molar-refractivity contribution in [2.24, 2.45) is 18.9 Å². The molecule has 3 heteroatoms. The second-order valence-corrected chi connectivity index (χ2v) is 7.31. The minimum Gasteiger partial charge on any atom is -0.276 e. The summed E-state index contributed by atoms with van der Waals surface area (Å²) in [5.74, 6) is 1.55. The minimum atomic E-state index is 0.162. The average Bonchev–Trinajstić information content (AvgIpc) is 2.64. The zero-order valence-corrected chi connectivity index (χ0v) is 12.9. The normalized spacial score (nSPS) is 30.5. The Hall–Kier alpha value is -0.310. The van der Waals surface area contributed by atoms with Crippen LogP contribution >= 0.6 is 15.9 Å². The minimum absolute atomic E-state index is 0.162. The standard InChI is InChI=1S/C14H23BrN2/c1-10-5-6-11(12(15)9-10)14(2,3)13-7-8-17(4)16-13/h7-8,10-12H,5-6,9H2,1-4H3. The lowest BCUT2D eigenvalue weighted by atomic mass is 9.67. The molecule has 96 valence electrons. The smallest absolute Gasteiger partial charge is 0.0683 e. The van der Waals surface area contributed by atoms with Gasteiger partial charge in [0.1, 0.15) is 0 Å². The molecule has 3 atom stereocenters. The first-order chi connectivity index (χ1) is 7.91. The fourth-order valence-corrected chi connectivity index (χ4v) is 4.64. The molecule has 1 heterocycles. The lowest BCUT2D eigenvalue weighted by Gasteiger charge is -2.41. The molecule has 1 aromatic rings. The van der Waals surface area contributed by atoms with Gasteiger partial charge in [-0.25, -0.2) is 0 Å². The van der Waals surface area contributed by atoms with Crippen LogP contribution in [0.1, 0.15) is 45.7 Å². The molecule has 0 N–H and O–H groups in total. The first kappa shape index (κ1) is 13.1. The highest BCUT2D eigenvalue weighted by molar-refractivity contribution is 9.09. The molecule has 1 aliphatic rings. The van der Waals surface area contributed by atoms with Crippen LogP contribution in [-0.4, -0.2) is 14.6 Å². The Morgan fingerprint density at radius 2 is 2.12 bits per heavy atom. The van der Waals surface area contributed by atoms with Crippen molar-refractivity contribution in [1.29, 1.82) is 0 Å². The Bertz CT molecular complexity index is 383. The topological polar surface area (TPSA) is 17.8 Å². The van der Waals surface area contributed by atoms with E-state index in [0.717, 1.165) is 5.92 Å². The molecule has 0 aliphatic heterocycles. The van der Waals surface area contributed by atoms with Gasteiger partial charge in [0.15, 0.2) is 0 Å². The Kier molecular flexibility index (Phi) is 3.67. The molecule has 17 heavy (non-hydrogen) atoms. The summed E-state index contributed by atoms with van der Waals surface area (Å²) in [6.07, 6.45) is 6.00. The van der Waals surface area contributed by atoms with Crippen LogP contribution in [0.3, 0.4) is 0 Å². The molecular weight excluding hydrogens is 276 g/mol. The van der Waals surface area contributed by atoms with Crippen molar-refractivity contribution >= 4 is 15.9 Å². The number of aryl methyl sites for hydroxylation is 1. The molecule has 0 amide bonds.